The van der Waals surface area contributed by atoms with Gasteiger partial charge in [-0.15, -0.1) is 0 Å². The highest BCUT2D eigenvalue weighted by Crippen LogP contribution is 2.27. The molecule has 15 heavy (non-hydrogen) atoms. The molecule has 0 atom stereocenters. The lowest BCUT2D eigenvalue weighted by molar-refractivity contribution is -0.138. The zero-order chi connectivity index (χ0) is 10.8. The number of hydrogen-bond donors (Lipinski definition) is 0. The van der Waals surface area contributed by atoms with Crippen LogP contribution in [0.4, 0.5) is 0 Å². The highest BCUT2D eigenvalue weighted by atomic mass is 16.2. The van der Waals surface area contributed by atoms with Gasteiger partial charge in [0.1, 0.15) is 0 Å². The first-order valence-electron chi connectivity index (χ1n) is 5.37. The van der Waals surface area contributed by atoms with Crippen LogP contribution in [0.25, 0.3) is 0 Å². The van der Waals surface area contributed by atoms with Crippen molar-refractivity contribution in [2.45, 2.75) is 19.8 Å². The quantitative estimate of drug-likeness (QED) is 0.734. The largest absolute Gasteiger partial charge is 0.341 e. The lowest BCUT2D eigenvalue weighted by Crippen LogP contribution is -2.49. The molecule has 0 aliphatic carbocycles. The average Bonchev–Trinajstić information content (AvgIpc) is 2.17. The summed E-state index contributed by atoms with van der Waals surface area (Å²) in [7, 11) is 0. The van der Waals surface area contributed by atoms with Crippen molar-refractivity contribution in [3.05, 3.63) is 30.1 Å². The predicted molar refractivity (Wildman–Crippen MR) is 58.4 cm³/mol. The molecule has 1 amide bonds. The van der Waals surface area contributed by atoms with E-state index in [0.717, 1.165) is 13.1 Å². The second-order valence-electron chi connectivity index (χ2n) is 4.38. The Kier molecular flexibility index (Phi) is 2.71. The van der Waals surface area contributed by atoms with E-state index >= 15 is 0 Å². The van der Waals surface area contributed by atoms with E-state index in [0.29, 0.717) is 5.92 Å². The molecule has 1 aliphatic heterocycles. The molecular formula is C12H16N2O. The van der Waals surface area contributed by atoms with E-state index in [1.165, 1.54) is 5.56 Å². The van der Waals surface area contributed by atoms with Gasteiger partial charge < -0.3 is 4.90 Å². The summed E-state index contributed by atoms with van der Waals surface area (Å²) in [6.07, 6.45) is 3.67. The smallest absolute Gasteiger partial charge is 0.225 e. The molecule has 3 nitrogen and oxygen atoms in total. The Hall–Kier alpha value is -1.38. The normalized spacial score (nSPS) is 16.6. The number of pyridine rings is 1. The molecule has 0 radical (unpaired) electrons. The fourth-order valence-electron chi connectivity index (χ4n) is 1.85. The van der Waals surface area contributed by atoms with Crippen LogP contribution in [0, 0.1) is 5.92 Å². The van der Waals surface area contributed by atoms with E-state index < -0.39 is 0 Å². The minimum absolute atomic E-state index is 0.111. The fraction of sp³-hybridized carbons (Fsp3) is 0.500. The third-order valence-corrected chi connectivity index (χ3v) is 2.84. The van der Waals surface area contributed by atoms with Crippen LogP contribution in [-0.2, 0) is 4.79 Å². The van der Waals surface area contributed by atoms with E-state index in [-0.39, 0.29) is 11.8 Å². The summed E-state index contributed by atoms with van der Waals surface area (Å²) in [6, 6.07) is 4.02. The summed E-state index contributed by atoms with van der Waals surface area (Å²) in [5.74, 6) is 0.858. The zero-order valence-corrected chi connectivity index (χ0v) is 9.18. The zero-order valence-electron chi connectivity index (χ0n) is 9.18. The van der Waals surface area contributed by atoms with Gasteiger partial charge in [-0.1, -0.05) is 19.9 Å². The molecule has 2 rings (SSSR count). The van der Waals surface area contributed by atoms with Gasteiger partial charge in [-0.25, -0.2) is 0 Å². The molecule has 2 heterocycles. The van der Waals surface area contributed by atoms with Crippen LogP contribution in [0.15, 0.2) is 24.5 Å². The summed E-state index contributed by atoms with van der Waals surface area (Å²) in [5, 5.41) is 0. The summed E-state index contributed by atoms with van der Waals surface area (Å²) in [6.45, 7) is 5.59. The van der Waals surface area contributed by atoms with Crippen molar-refractivity contribution in [2.75, 3.05) is 13.1 Å². The molecule has 0 saturated carbocycles. The highest BCUT2D eigenvalue weighted by molar-refractivity contribution is 5.79. The molecule has 0 spiro atoms. The summed E-state index contributed by atoms with van der Waals surface area (Å²) in [4.78, 5) is 17.6. The van der Waals surface area contributed by atoms with E-state index in [1.807, 2.05) is 31.0 Å². The Labute approximate surface area is 90.1 Å². The minimum atomic E-state index is 0.111. The molecule has 1 fully saturated rings. The van der Waals surface area contributed by atoms with Crippen LogP contribution in [0.5, 0.6) is 0 Å². The van der Waals surface area contributed by atoms with Crippen molar-refractivity contribution in [1.29, 1.82) is 0 Å². The van der Waals surface area contributed by atoms with Crippen LogP contribution in [0.1, 0.15) is 25.3 Å². The highest BCUT2D eigenvalue weighted by Gasteiger charge is 2.32. The van der Waals surface area contributed by atoms with Crippen molar-refractivity contribution in [2.24, 2.45) is 5.92 Å². The van der Waals surface area contributed by atoms with Gasteiger partial charge in [0.15, 0.2) is 0 Å². The van der Waals surface area contributed by atoms with Crippen LogP contribution < -0.4 is 0 Å². The Morgan fingerprint density at radius 3 is 2.80 bits per heavy atom. The third-order valence-electron chi connectivity index (χ3n) is 2.84. The van der Waals surface area contributed by atoms with Crippen molar-refractivity contribution < 1.29 is 4.79 Å². The lowest BCUT2D eigenvalue weighted by Gasteiger charge is -2.40. The van der Waals surface area contributed by atoms with Gasteiger partial charge in [0, 0.05) is 37.3 Å². The maximum atomic E-state index is 11.6. The fourth-order valence-corrected chi connectivity index (χ4v) is 1.85. The second-order valence-corrected chi connectivity index (χ2v) is 4.38. The molecule has 3 heteroatoms. The van der Waals surface area contributed by atoms with E-state index in [1.54, 1.807) is 6.20 Å². The van der Waals surface area contributed by atoms with Gasteiger partial charge in [0.25, 0.3) is 0 Å². The number of carbonyl (C=O) groups excluding carboxylic acids is 1. The first-order chi connectivity index (χ1) is 7.18. The van der Waals surface area contributed by atoms with E-state index in [4.69, 9.17) is 0 Å². The number of amides is 1. The number of likely N-dealkylation sites (tertiary alicyclic amines) is 1. The van der Waals surface area contributed by atoms with Gasteiger partial charge in [-0.05, 0) is 11.6 Å². The number of carbonyl (C=O) groups is 1. The molecule has 1 aliphatic rings. The standard InChI is InChI=1S/C12H16N2O/c1-9(2)12(15)14-7-11(8-14)10-4-3-5-13-6-10/h3-6,9,11H,7-8H2,1-2H3. The Bertz CT molecular complexity index is 342. The van der Waals surface area contributed by atoms with E-state index in [2.05, 4.69) is 11.1 Å². The first-order valence-corrected chi connectivity index (χ1v) is 5.37. The number of aromatic nitrogens is 1. The Balaban J connectivity index is 1.92. The summed E-state index contributed by atoms with van der Waals surface area (Å²) in [5.41, 5.74) is 1.24. The van der Waals surface area contributed by atoms with Crippen LogP contribution >= 0.6 is 0 Å². The van der Waals surface area contributed by atoms with Gasteiger partial charge >= 0.3 is 0 Å². The number of nitrogens with zero attached hydrogens (tertiary/aromatic N) is 2. The predicted octanol–water partition coefficient (Wildman–Crippen LogP) is 1.66. The monoisotopic (exact) mass is 204 g/mol. The molecule has 0 N–H and O–H groups in total. The number of rotatable bonds is 2. The van der Waals surface area contributed by atoms with Crippen LogP contribution in [-0.4, -0.2) is 28.9 Å². The van der Waals surface area contributed by atoms with Gasteiger partial charge in [0.2, 0.25) is 5.91 Å². The van der Waals surface area contributed by atoms with Crippen molar-refractivity contribution >= 4 is 5.91 Å². The number of hydrogen-bond acceptors (Lipinski definition) is 2. The molecule has 80 valence electrons. The molecule has 0 bridgehead atoms. The molecule has 1 saturated heterocycles. The lowest BCUT2D eigenvalue weighted by atomic mass is 9.92. The van der Waals surface area contributed by atoms with Crippen molar-refractivity contribution in [1.82, 2.24) is 9.88 Å². The topological polar surface area (TPSA) is 33.2 Å². The van der Waals surface area contributed by atoms with Crippen molar-refractivity contribution in [3.8, 4) is 0 Å². The molecule has 0 unspecified atom stereocenters. The first kappa shape index (κ1) is 10.1. The van der Waals surface area contributed by atoms with Gasteiger partial charge in [-0.3, -0.25) is 9.78 Å². The minimum Gasteiger partial charge on any atom is -0.341 e. The maximum Gasteiger partial charge on any atom is 0.225 e. The summed E-state index contributed by atoms with van der Waals surface area (Å²) < 4.78 is 0. The Morgan fingerprint density at radius 1 is 1.53 bits per heavy atom. The molecule has 1 aromatic heterocycles. The second kappa shape index (κ2) is 4.01. The molecule has 1 aromatic rings. The van der Waals surface area contributed by atoms with Crippen LogP contribution in [0.2, 0.25) is 0 Å². The van der Waals surface area contributed by atoms with Gasteiger partial charge in [-0.2, -0.15) is 0 Å². The van der Waals surface area contributed by atoms with Crippen molar-refractivity contribution in [3.63, 3.8) is 0 Å². The van der Waals surface area contributed by atoms with Crippen LogP contribution in [0.3, 0.4) is 0 Å². The average molecular weight is 204 g/mol. The third kappa shape index (κ3) is 2.01. The van der Waals surface area contributed by atoms with E-state index in [9.17, 15) is 4.79 Å². The Morgan fingerprint density at radius 2 is 2.27 bits per heavy atom. The summed E-state index contributed by atoms with van der Waals surface area (Å²) >= 11 is 0. The molecular weight excluding hydrogens is 188 g/mol. The SMILES string of the molecule is CC(C)C(=O)N1CC(c2cccnc2)C1. The van der Waals surface area contributed by atoms with Gasteiger partial charge in [0.05, 0.1) is 0 Å². The molecule has 0 aromatic carbocycles. The maximum absolute atomic E-state index is 11.6.